The van der Waals surface area contributed by atoms with Crippen LogP contribution in [0.15, 0.2) is 0 Å². The van der Waals surface area contributed by atoms with E-state index in [1.807, 2.05) is 27.7 Å². The van der Waals surface area contributed by atoms with Crippen LogP contribution in [0.2, 0.25) is 0 Å². The fourth-order valence-electron chi connectivity index (χ4n) is 2.02. The summed E-state index contributed by atoms with van der Waals surface area (Å²) in [7, 11) is 2.95. The maximum Gasteiger partial charge on any atom is 0.328 e. The quantitative estimate of drug-likeness (QED) is 0.711. The summed E-state index contributed by atoms with van der Waals surface area (Å²) >= 11 is 0. The minimum absolute atomic E-state index is 0.204. The second kappa shape index (κ2) is 8.15. The summed E-state index contributed by atoms with van der Waals surface area (Å²) in [6.45, 7) is 8.03. The second-order valence-electron chi connectivity index (χ2n) is 5.85. The van der Waals surface area contributed by atoms with Crippen LogP contribution in [-0.2, 0) is 14.3 Å². The van der Waals surface area contributed by atoms with E-state index in [0.29, 0.717) is 24.7 Å². The lowest BCUT2D eigenvalue weighted by Gasteiger charge is -2.29. The number of rotatable bonds is 7. The maximum atomic E-state index is 12.2. The van der Waals surface area contributed by atoms with Crippen molar-refractivity contribution in [2.24, 2.45) is 17.6 Å². The number of ether oxygens (including phenoxy) is 1. The third-order valence-electron chi connectivity index (χ3n) is 3.03. The standard InChI is InChI=1S/C14H28N2O3/c1-9(2)7-11(15)13(17)16(5)12(8-10(3)4)14(18)19-6/h9-12H,7-8,15H2,1-6H3/t11-,12+/m1/s1. The Morgan fingerprint density at radius 2 is 1.58 bits per heavy atom. The van der Waals surface area contributed by atoms with Gasteiger partial charge in [0.2, 0.25) is 5.91 Å². The molecule has 0 aromatic heterocycles. The number of nitrogens with zero attached hydrogens (tertiary/aromatic N) is 1. The van der Waals surface area contributed by atoms with Gasteiger partial charge in [-0.25, -0.2) is 4.79 Å². The van der Waals surface area contributed by atoms with Crippen LogP contribution in [0, 0.1) is 11.8 Å². The molecule has 0 heterocycles. The maximum absolute atomic E-state index is 12.2. The van der Waals surface area contributed by atoms with Gasteiger partial charge >= 0.3 is 5.97 Å². The molecule has 0 aromatic carbocycles. The topological polar surface area (TPSA) is 72.6 Å². The zero-order chi connectivity index (χ0) is 15.2. The lowest BCUT2D eigenvalue weighted by atomic mass is 10.00. The second-order valence-corrected chi connectivity index (χ2v) is 5.85. The number of amides is 1. The molecular formula is C14H28N2O3. The van der Waals surface area contributed by atoms with Gasteiger partial charge in [-0.3, -0.25) is 4.79 Å². The molecule has 0 saturated carbocycles. The normalized spacial score (nSPS) is 14.4. The minimum Gasteiger partial charge on any atom is -0.467 e. The summed E-state index contributed by atoms with van der Waals surface area (Å²) in [5.41, 5.74) is 5.89. The molecule has 0 aliphatic carbocycles. The third-order valence-corrected chi connectivity index (χ3v) is 3.03. The molecule has 0 spiro atoms. The van der Waals surface area contributed by atoms with Gasteiger partial charge in [-0.2, -0.15) is 0 Å². The van der Waals surface area contributed by atoms with Crippen molar-refractivity contribution < 1.29 is 14.3 Å². The van der Waals surface area contributed by atoms with Crippen molar-refractivity contribution in [1.29, 1.82) is 0 Å². The van der Waals surface area contributed by atoms with E-state index in [9.17, 15) is 9.59 Å². The Morgan fingerprint density at radius 3 is 1.95 bits per heavy atom. The van der Waals surface area contributed by atoms with Crippen LogP contribution in [0.5, 0.6) is 0 Å². The summed E-state index contributed by atoms with van der Waals surface area (Å²) in [4.78, 5) is 25.4. The molecule has 0 saturated heterocycles. The highest BCUT2D eigenvalue weighted by Gasteiger charge is 2.31. The molecule has 5 heteroatoms. The van der Waals surface area contributed by atoms with Crippen molar-refractivity contribution in [2.75, 3.05) is 14.2 Å². The Balaban J connectivity index is 4.82. The number of carbonyl (C=O) groups excluding carboxylic acids is 2. The number of hydrogen-bond acceptors (Lipinski definition) is 4. The Hall–Kier alpha value is -1.10. The van der Waals surface area contributed by atoms with Crippen molar-refractivity contribution >= 4 is 11.9 Å². The summed E-state index contributed by atoms with van der Waals surface area (Å²) in [6.07, 6.45) is 1.18. The first-order valence-electron chi connectivity index (χ1n) is 6.80. The van der Waals surface area contributed by atoms with E-state index >= 15 is 0 Å². The molecule has 0 fully saturated rings. The van der Waals surface area contributed by atoms with E-state index in [-0.39, 0.29) is 11.9 Å². The molecule has 0 aromatic rings. The van der Waals surface area contributed by atoms with Crippen LogP contribution < -0.4 is 5.73 Å². The first-order valence-corrected chi connectivity index (χ1v) is 6.80. The average molecular weight is 272 g/mol. The molecule has 0 radical (unpaired) electrons. The van der Waals surface area contributed by atoms with Gasteiger partial charge < -0.3 is 15.4 Å². The Labute approximate surface area is 116 Å². The van der Waals surface area contributed by atoms with Crippen LogP contribution in [0.3, 0.4) is 0 Å². The largest absolute Gasteiger partial charge is 0.467 e. The number of nitrogens with two attached hydrogens (primary N) is 1. The molecule has 1 amide bonds. The van der Waals surface area contributed by atoms with E-state index < -0.39 is 12.1 Å². The first kappa shape index (κ1) is 17.9. The highest BCUT2D eigenvalue weighted by atomic mass is 16.5. The van der Waals surface area contributed by atoms with Gasteiger partial charge in [0.25, 0.3) is 0 Å². The number of hydrogen-bond donors (Lipinski definition) is 1. The molecule has 5 nitrogen and oxygen atoms in total. The van der Waals surface area contributed by atoms with Gasteiger partial charge in [0, 0.05) is 7.05 Å². The highest BCUT2D eigenvalue weighted by molar-refractivity contribution is 5.87. The highest BCUT2D eigenvalue weighted by Crippen LogP contribution is 2.14. The van der Waals surface area contributed by atoms with E-state index in [0.717, 1.165) is 0 Å². The zero-order valence-electron chi connectivity index (χ0n) is 13.0. The van der Waals surface area contributed by atoms with E-state index in [2.05, 4.69) is 0 Å². The number of likely N-dealkylation sites (N-methyl/N-ethyl adjacent to an activating group) is 1. The van der Waals surface area contributed by atoms with Gasteiger partial charge in [0.15, 0.2) is 0 Å². The Bertz CT molecular complexity index is 303. The van der Waals surface area contributed by atoms with E-state index in [4.69, 9.17) is 10.5 Å². The number of methoxy groups -OCH3 is 1. The van der Waals surface area contributed by atoms with Crippen molar-refractivity contribution in [3.05, 3.63) is 0 Å². The van der Waals surface area contributed by atoms with Gasteiger partial charge in [0.05, 0.1) is 13.2 Å². The molecule has 0 rings (SSSR count). The molecule has 0 unspecified atom stereocenters. The van der Waals surface area contributed by atoms with Crippen molar-refractivity contribution in [3.63, 3.8) is 0 Å². The first-order chi connectivity index (χ1) is 8.70. The average Bonchev–Trinajstić information content (AvgIpc) is 2.32. The van der Waals surface area contributed by atoms with Crippen molar-refractivity contribution in [1.82, 2.24) is 4.90 Å². The third kappa shape index (κ3) is 6.05. The van der Waals surface area contributed by atoms with Gasteiger partial charge in [-0.15, -0.1) is 0 Å². The molecule has 112 valence electrons. The summed E-state index contributed by atoms with van der Waals surface area (Å²) in [5.74, 6) is 0.0424. The van der Waals surface area contributed by atoms with Crippen molar-refractivity contribution in [3.8, 4) is 0 Å². The van der Waals surface area contributed by atoms with Crippen LogP contribution >= 0.6 is 0 Å². The predicted octanol–water partition coefficient (Wildman–Crippen LogP) is 1.41. The molecule has 0 aliphatic rings. The van der Waals surface area contributed by atoms with Crippen LogP contribution in [0.25, 0.3) is 0 Å². The number of esters is 1. The fraction of sp³-hybridized carbons (Fsp3) is 0.857. The van der Waals surface area contributed by atoms with Crippen LogP contribution in [0.1, 0.15) is 40.5 Å². The van der Waals surface area contributed by atoms with Gasteiger partial charge in [0.1, 0.15) is 6.04 Å². The predicted molar refractivity (Wildman–Crippen MR) is 75.5 cm³/mol. The van der Waals surface area contributed by atoms with Gasteiger partial charge in [-0.05, 0) is 24.7 Å². The Morgan fingerprint density at radius 1 is 1.11 bits per heavy atom. The summed E-state index contributed by atoms with van der Waals surface area (Å²) in [5, 5.41) is 0. The number of carbonyl (C=O) groups is 2. The molecule has 0 bridgehead atoms. The van der Waals surface area contributed by atoms with Crippen LogP contribution in [-0.4, -0.2) is 43.0 Å². The van der Waals surface area contributed by atoms with E-state index in [1.165, 1.54) is 12.0 Å². The monoisotopic (exact) mass is 272 g/mol. The molecule has 0 aliphatic heterocycles. The van der Waals surface area contributed by atoms with Gasteiger partial charge in [-0.1, -0.05) is 27.7 Å². The smallest absolute Gasteiger partial charge is 0.328 e. The summed E-state index contributed by atoms with van der Waals surface area (Å²) < 4.78 is 4.77. The molecule has 2 atom stereocenters. The zero-order valence-corrected chi connectivity index (χ0v) is 13.0. The SMILES string of the molecule is COC(=O)[C@H](CC(C)C)N(C)C(=O)[C@H](N)CC(C)C. The summed E-state index contributed by atoms with van der Waals surface area (Å²) in [6, 6.07) is -1.12. The fourth-order valence-corrected chi connectivity index (χ4v) is 2.02. The van der Waals surface area contributed by atoms with Crippen molar-refractivity contribution in [2.45, 2.75) is 52.6 Å². The molecular weight excluding hydrogens is 244 g/mol. The molecule has 19 heavy (non-hydrogen) atoms. The Kier molecular flexibility index (Phi) is 7.68. The lowest BCUT2D eigenvalue weighted by molar-refractivity contribution is -0.153. The minimum atomic E-state index is -0.565. The molecule has 2 N–H and O–H groups in total. The van der Waals surface area contributed by atoms with E-state index in [1.54, 1.807) is 7.05 Å². The van der Waals surface area contributed by atoms with Crippen LogP contribution in [0.4, 0.5) is 0 Å². The lowest BCUT2D eigenvalue weighted by Crippen LogP contribution is -2.50.